The summed E-state index contributed by atoms with van der Waals surface area (Å²) in [5.74, 6) is 0.505. The smallest absolute Gasteiger partial charge is 0.407 e. The summed E-state index contributed by atoms with van der Waals surface area (Å²) in [5, 5.41) is 9.01. The number of likely N-dealkylation sites (tertiary alicyclic amines) is 1. The Hall–Kier alpha value is -1.98. The van der Waals surface area contributed by atoms with Crippen molar-refractivity contribution in [2.24, 2.45) is 0 Å². The number of pyridine rings is 1. The van der Waals surface area contributed by atoms with Crippen LogP contribution in [0.25, 0.3) is 0 Å². The molecule has 0 aromatic carbocycles. The number of piperazine rings is 1. The molecule has 2 unspecified atom stereocenters. The molecule has 2 fully saturated rings. The predicted molar refractivity (Wildman–Crippen MR) is 62.9 cm³/mol. The first-order valence-corrected chi connectivity index (χ1v) is 5.63. The highest BCUT2D eigenvalue weighted by Crippen LogP contribution is 2.34. The average molecular weight is 234 g/mol. The molecule has 1 aromatic rings. The molecule has 6 nitrogen and oxygen atoms in total. The van der Waals surface area contributed by atoms with E-state index in [1.54, 1.807) is 12.3 Å². The van der Waals surface area contributed by atoms with Crippen molar-refractivity contribution in [2.75, 3.05) is 23.7 Å². The fourth-order valence-corrected chi connectivity index (χ4v) is 2.78. The number of carbonyl (C=O) groups is 1. The molecule has 2 aliphatic rings. The SMILES string of the molecule is Nc1ccc(N2CC3CC2CN3C(=O)O)cn1. The molecule has 0 aliphatic carbocycles. The van der Waals surface area contributed by atoms with Crippen molar-refractivity contribution in [1.82, 2.24) is 9.88 Å². The van der Waals surface area contributed by atoms with E-state index in [2.05, 4.69) is 9.88 Å². The van der Waals surface area contributed by atoms with Gasteiger partial charge in [-0.2, -0.15) is 0 Å². The Balaban J connectivity index is 1.78. The van der Waals surface area contributed by atoms with Gasteiger partial charge in [0.25, 0.3) is 0 Å². The summed E-state index contributed by atoms with van der Waals surface area (Å²) in [4.78, 5) is 18.8. The van der Waals surface area contributed by atoms with Crippen LogP contribution < -0.4 is 10.6 Å². The second-order valence-corrected chi connectivity index (χ2v) is 4.57. The Labute approximate surface area is 98.6 Å². The maximum absolute atomic E-state index is 11.0. The molecule has 3 heterocycles. The highest BCUT2D eigenvalue weighted by atomic mass is 16.4. The highest BCUT2D eigenvalue weighted by molar-refractivity contribution is 5.67. The molecule has 1 aromatic heterocycles. The quantitative estimate of drug-likeness (QED) is 0.743. The molecule has 90 valence electrons. The number of fused-ring (bicyclic) bond motifs is 2. The minimum Gasteiger partial charge on any atom is -0.465 e. The third-order valence-corrected chi connectivity index (χ3v) is 3.59. The van der Waals surface area contributed by atoms with Crippen LogP contribution in [-0.4, -0.2) is 46.3 Å². The molecule has 0 saturated carbocycles. The van der Waals surface area contributed by atoms with Gasteiger partial charge in [0.15, 0.2) is 0 Å². The molecular weight excluding hydrogens is 220 g/mol. The maximum Gasteiger partial charge on any atom is 0.407 e. The van der Waals surface area contributed by atoms with Gasteiger partial charge in [0.2, 0.25) is 0 Å². The molecule has 0 radical (unpaired) electrons. The first-order valence-electron chi connectivity index (χ1n) is 5.63. The Kier molecular flexibility index (Phi) is 2.10. The number of nitrogen functional groups attached to an aromatic ring is 1. The summed E-state index contributed by atoms with van der Waals surface area (Å²) in [5.41, 5.74) is 6.57. The van der Waals surface area contributed by atoms with Gasteiger partial charge in [0.1, 0.15) is 5.82 Å². The molecule has 2 bridgehead atoms. The summed E-state index contributed by atoms with van der Waals surface area (Å²) in [6.07, 6.45) is 1.85. The summed E-state index contributed by atoms with van der Waals surface area (Å²) in [6.45, 7) is 1.34. The lowest BCUT2D eigenvalue weighted by molar-refractivity contribution is 0.137. The topological polar surface area (TPSA) is 82.7 Å². The lowest BCUT2D eigenvalue weighted by Crippen LogP contribution is -2.48. The Morgan fingerprint density at radius 3 is 2.76 bits per heavy atom. The first-order chi connectivity index (χ1) is 8.15. The number of nitrogens with zero attached hydrogens (tertiary/aromatic N) is 3. The number of carboxylic acid groups (broad SMARTS) is 1. The van der Waals surface area contributed by atoms with Crippen LogP contribution in [0.3, 0.4) is 0 Å². The normalized spacial score (nSPS) is 26.6. The van der Waals surface area contributed by atoms with Crippen LogP contribution in [0.4, 0.5) is 16.3 Å². The Morgan fingerprint density at radius 2 is 2.24 bits per heavy atom. The van der Waals surface area contributed by atoms with Crippen molar-refractivity contribution in [3.05, 3.63) is 18.3 Å². The van der Waals surface area contributed by atoms with Gasteiger partial charge in [-0.3, -0.25) is 0 Å². The predicted octanol–water partition coefficient (Wildman–Crippen LogP) is 0.605. The van der Waals surface area contributed by atoms with E-state index in [1.807, 2.05) is 6.07 Å². The molecule has 3 N–H and O–H groups in total. The summed E-state index contributed by atoms with van der Waals surface area (Å²) < 4.78 is 0. The van der Waals surface area contributed by atoms with Gasteiger partial charge in [0.05, 0.1) is 17.9 Å². The van der Waals surface area contributed by atoms with E-state index < -0.39 is 6.09 Å². The van der Waals surface area contributed by atoms with Crippen LogP contribution >= 0.6 is 0 Å². The van der Waals surface area contributed by atoms with Crippen LogP contribution in [0.15, 0.2) is 18.3 Å². The molecule has 2 saturated heterocycles. The zero-order chi connectivity index (χ0) is 12.0. The lowest BCUT2D eigenvalue weighted by atomic mass is 10.2. The van der Waals surface area contributed by atoms with Crippen molar-refractivity contribution in [2.45, 2.75) is 18.5 Å². The Bertz CT molecular complexity index is 447. The second kappa shape index (κ2) is 3.51. The number of aromatic nitrogens is 1. The largest absolute Gasteiger partial charge is 0.465 e. The highest BCUT2D eigenvalue weighted by Gasteiger charge is 2.45. The van der Waals surface area contributed by atoms with Crippen molar-refractivity contribution < 1.29 is 9.90 Å². The monoisotopic (exact) mass is 234 g/mol. The third-order valence-electron chi connectivity index (χ3n) is 3.59. The standard InChI is InChI=1S/C11H14N4O2/c12-10-2-1-7(4-13-10)14-5-9-3-8(14)6-15(9)11(16)17/h1-2,4,8-9H,3,5-6H2,(H2,12,13)(H,16,17). The van der Waals surface area contributed by atoms with Gasteiger partial charge in [0, 0.05) is 19.1 Å². The van der Waals surface area contributed by atoms with Crippen LogP contribution in [0, 0.1) is 0 Å². The summed E-state index contributed by atoms with van der Waals surface area (Å²) in [7, 11) is 0. The molecule has 3 rings (SSSR count). The lowest BCUT2D eigenvalue weighted by Gasteiger charge is -2.33. The zero-order valence-corrected chi connectivity index (χ0v) is 9.28. The van der Waals surface area contributed by atoms with E-state index in [1.165, 1.54) is 4.90 Å². The fourth-order valence-electron chi connectivity index (χ4n) is 2.78. The number of rotatable bonds is 1. The summed E-state index contributed by atoms with van der Waals surface area (Å²) in [6, 6.07) is 4.11. The van der Waals surface area contributed by atoms with E-state index in [4.69, 9.17) is 10.8 Å². The van der Waals surface area contributed by atoms with Crippen LogP contribution in [-0.2, 0) is 0 Å². The number of hydrogen-bond acceptors (Lipinski definition) is 4. The zero-order valence-electron chi connectivity index (χ0n) is 9.28. The van der Waals surface area contributed by atoms with E-state index in [9.17, 15) is 4.79 Å². The minimum atomic E-state index is -0.812. The third kappa shape index (κ3) is 1.56. The van der Waals surface area contributed by atoms with Gasteiger partial charge in [-0.25, -0.2) is 9.78 Å². The van der Waals surface area contributed by atoms with Crippen LogP contribution in [0.1, 0.15) is 6.42 Å². The van der Waals surface area contributed by atoms with E-state index in [0.29, 0.717) is 12.4 Å². The van der Waals surface area contributed by atoms with E-state index in [0.717, 1.165) is 18.7 Å². The number of amides is 1. The molecule has 2 aliphatic heterocycles. The van der Waals surface area contributed by atoms with E-state index in [-0.39, 0.29) is 12.1 Å². The van der Waals surface area contributed by atoms with Crippen LogP contribution in [0.2, 0.25) is 0 Å². The molecular formula is C11H14N4O2. The van der Waals surface area contributed by atoms with Crippen LogP contribution in [0.5, 0.6) is 0 Å². The number of hydrogen-bond donors (Lipinski definition) is 2. The van der Waals surface area contributed by atoms with Crippen molar-refractivity contribution >= 4 is 17.6 Å². The van der Waals surface area contributed by atoms with Gasteiger partial charge < -0.3 is 20.6 Å². The molecule has 17 heavy (non-hydrogen) atoms. The number of nitrogens with two attached hydrogens (primary N) is 1. The Morgan fingerprint density at radius 1 is 1.41 bits per heavy atom. The van der Waals surface area contributed by atoms with Gasteiger partial charge in [-0.05, 0) is 18.6 Å². The fraction of sp³-hybridized carbons (Fsp3) is 0.455. The molecule has 1 amide bonds. The maximum atomic E-state index is 11.0. The van der Waals surface area contributed by atoms with Crippen molar-refractivity contribution in [1.29, 1.82) is 0 Å². The number of anilines is 2. The van der Waals surface area contributed by atoms with Crippen molar-refractivity contribution in [3.8, 4) is 0 Å². The first kappa shape index (κ1) is 10.2. The minimum absolute atomic E-state index is 0.120. The van der Waals surface area contributed by atoms with Gasteiger partial charge in [-0.1, -0.05) is 0 Å². The molecule has 6 heteroatoms. The van der Waals surface area contributed by atoms with Crippen molar-refractivity contribution in [3.63, 3.8) is 0 Å². The average Bonchev–Trinajstić information content (AvgIpc) is 2.89. The van der Waals surface area contributed by atoms with Gasteiger partial charge >= 0.3 is 6.09 Å². The molecule has 2 atom stereocenters. The van der Waals surface area contributed by atoms with E-state index >= 15 is 0 Å². The summed E-state index contributed by atoms with van der Waals surface area (Å²) >= 11 is 0. The molecule has 0 spiro atoms. The second-order valence-electron chi connectivity index (χ2n) is 4.57. The van der Waals surface area contributed by atoms with Gasteiger partial charge in [-0.15, -0.1) is 0 Å².